The number of nitro groups is 1. The van der Waals surface area contributed by atoms with Gasteiger partial charge in [-0.05, 0) is 31.0 Å². The van der Waals surface area contributed by atoms with E-state index in [9.17, 15) is 19.7 Å². The van der Waals surface area contributed by atoms with Crippen molar-refractivity contribution in [3.05, 3.63) is 52.3 Å². The first-order valence-electron chi connectivity index (χ1n) is 7.31. The third-order valence-electron chi connectivity index (χ3n) is 3.93. The maximum atomic E-state index is 12.4. The van der Waals surface area contributed by atoms with Crippen molar-refractivity contribution in [1.29, 1.82) is 0 Å². The van der Waals surface area contributed by atoms with Crippen molar-refractivity contribution in [2.45, 2.75) is 18.9 Å². The van der Waals surface area contributed by atoms with E-state index in [1.807, 2.05) is 0 Å². The number of hydrogen-bond acceptors (Lipinski definition) is 5. The Kier molecular flexibility index (Phi) is 3.98. The molecule has 1 atom stereocenters. The van der Waals surface area contributed by atoms with Crippen LogP contribution in [0.4, 0.5) is 5.69 Å². The molecule has 1 amide bonds. The first-order valence-corrected chi connectivity index (χ1v) is 7.31. The van der Waals surface area contributed by atoms with Crippen molar-refractivity contribution >= 4 is 17.6 Å². The molecule has 1 aliphatic heterocycles. The van der Waals surface area contributed by atoms with Crippen molar-refractivity contribution in [1.82, 2.24) is 14.7 Å². The summed E-state index contributed by atoms with van der Waals surface area (Å²) in [6.07, 6.45) is 2.64. The topological polar surface area (TPSA) is 119 Å². The Morgan fingerprint density at radius 2 is 1.96 bits per heavy atom. The zero-order valence-corrected chi connectivity index (χ0v) is 12.5. The summed E-state index contributed by atoms with van der Waals surface area (Å²) in [6.45, 7) is 0.389. The lowest BCUT2D eigenvalue weighted by molar-refractivity contribution is -0.384. The molecule has 1 aromatic heterocycles. The highest BCUT2D eigenvalue weighted by Crippen LogP contribution is 2.20. The highest BCUT2D eigenvalue weighted by Gasteiger charge is 2.35. The smallest absolute Gasteiger partial charge is 0.326 e. The number of nitro benzene ring substituents is 1. The minimum atomic E-state index is -1.02. The third-order valence-corrected chi connectivity index (χ3v) is 3.93. The predicted octanol–water partition coefficient (Wildman–Crippen LogP) is 1.47. The molecule has 1 N–H and O–H groups in total. The molecule has 0 aliphatic carbocycles. The SMILES string of the molecule is O=C(O)[C@H]1CCCN1C(=O)c1ccn(-c2ccc([N+](=O)[O-])cc2)n1. The van der Waals surface area contributed by atoms with Gasteiger partial charge in [-0.25, -0.2) is 9.48 Å². The minimum Gasteiger partial charge on any atom is -0.480 e. The fourth-order valence-electron chi connectivity index (χ4n) is 2.72. The van der Waals surface area contributed by atoms with E-state index in [4.69, 9.17) is 5.11 Å². The Labute approximate surface area is 136 Å². The van der Waals surface area contributed by atoms with E-state index in [1.54, 1.807) is 6.20 Å². The van der Waals surface area contributed by atoms with Crippen LogP contribution in [0, 0.1) is 10.1 Å². The Morgan fingerprint density at radius 3 is 2.58 bits per heavy atom. The number of carbonyl (C=O) groups is 2. The molecule has 24 heavy (non-hydrogen) atoms. The van der Waals surface area contributed by atoms with Crippen molar-refractivity contribution in [3.8, 4) is 5.69 Å². The van der Waals surface area contributed by atoms with E-state index in [2.05, 4.69) is 5.10 Å². The molecule has 124 valence electrons. The molecule has 0 saturated carbocycles. The van der Waals surface area contributed by atoms with E-state index in [0.717, 1.165) is 0 Å². The number of amides is 1. The average molecular weight is 330 g/mol. The molecule has 0 radical (unpaired) electrons. The maximum Gasteiger partial charge on any atom is 0.326 e. The molecule has 1 fully saturated rings. The average Bonchev–Trinajstić information content (AvgIpc) is 3.24. The lowest BCUT2D eigenvalue weighted by atomic mass is 10.2. The second kappa shape index (κ2) is 6.11. The van der Waals surface area contributed by atoms with Gasteiger partial charge in [0.25, 0.3) is 11.6 Å². The van der Waals surface area contributed by atoms with Crippen LogP contribution < -0.4 is 0 Å². The number of nitrogens with zero attached hydrogens (tertiary/aromatic N) is 4. The molecule has 2 heterocycles. The summed E-state index contributed by atoms with van der Waals surface area (Å²) >= 11 is 0. The Bertz CT molecular complexity index is 798. The maximum absolute atomic E-state index is 12.4. The molecule has 3 rings (SSSR count). The molecule has 0 bridgehead atoms. The van der Waals surface area contributed by atoms with Crippen LogP contribution in [-0.2, 0) is 4.79 Å². The van der Waals surface area contributed by atoms with Gasteiger partial charge in [0.05, 0.1) is 10.6 Å². The molecule has 0 unspecified atom stereocenters. The van der Waals surface area contributed by atoms with Gasteiger partial charge in [0.15, 0.2) is 5.69 Å². The summed E-state index contributed by atoms with van der Waals surface area (Å²) in [5, 5.41) is 24.0. The normalized spacial score (nSPS) is 17.0. The van der Waals surface area contributed by atoms with Gasteiger partial charge in [0.2, 0.25) is 0 Å². The van der Waals surface area contributed by atoms with E-state index in [1.165, 1.54) is 39.9 Å². The number of aromatic nitrogens is 2. The number of rotatable bonds is 4. The summed E-state index contributed by atoms with van der Waals surface area (Å²) in [5.74, 6) is -1.45. The van der Waals surface area contributed by atoms with E-state index in [-0.39, 0.29) is 11.4 Å². The fraction of sp³-hybridized carbons (Fsp3) is 0.267. The van der Waals surface area contributed by atoms with Crippen LogP contribution in [0.15, 0.2) is 36.5 Å². The van der Waals surface area contributed by atoms with Crippen molar-refractivity contribution in [3.63, 3.8) is 0 Å². The molecule has 1 saturated heterocycles. The minimum absolute atomic E-state index is 0.0384. The first-order chi connectivity index (χ1) is 11.5. The fourth-order valence-corrected chi connectivity index (χ4v) is 2.72. The van der Waals surface area contributed by atoms with Gasteiger partial charge in [-0.3, -0.25) is 14.9 Å². The van der Waals surface area contributed by atoms with Crippen LogP contribution in [0.3, 0.4) is 0 Å². The van der Waals surface area contributed by atoms with Gasteiger partial charge < -0.3 is 10.0 Å². The lowest BCUT2D eigenvalue weighted by Crippen LogP contribution is -2.40. The second-order valence-electron chi connectivity index (χ2n) is 5.41. The molecule has 1 aliphatic rings. The number of carboxylic acids is 1. The van der Waals surface area contributed by atoms with Crippen LogP contribution >= 0.6 is 0 Å². The molecular formula is C15H14N4O5. The van der Waals surface area contributed by atoms with Crippen LogP contribution in [0.1, 0.15) is 23.3 Å². The summed E-state index contributed by atoms with van der Waals surface area (Å²) in [5.41, 5.74) is 0.668. The van der Waals surface area contributed by atoms with Crippen molar-refractivity contribution < 1.29 is 19.6 Å². The van der Waals surface area contributed by atoms with Crippen molar-refractivity contribution in [2.75, 3.05) is 6.54 Å². The predicted molar refractivity (Wildman–Crippen MR) is 81.9 cm³/mol. The van der Waals surface area contributed by atoms with Crippen LogP contribution in [0.5, 0.6) is 0 Å². The standard InChI is InChI=1S/C15H14N4O5/c20-14(17-8-1-2-13(17)15(21)22)12-7-9-18(16-12)10-3-5-11(6-4-10)19(23)24/h3-7,9,13H,1-2,8H2,(H,21,22)/t13-/m1/s1. The summed E-state index contributed by atoms with van der Waals surface area (Å²) < 4.78 is 1.42. The van der Waals surface area contributed by atoms with Gasteiger partial charge in [-0.1, -0.05) is 0 Å². The number of aliphatic carboxylic acids is 1. The van der Waals surface area contributed by atoms with Crippen LogP contribution in [0.25, 0.3) is 5.69 Å². The van der Waals surface area contributed by atoms with E-state index in [0.29, 0.717) is 25.1 Å². The van der Waals surface area contributed by atoms with Gasteiger partial charge >= 0.3 is 5.97 Å². The number of carbonyl (C=O) groups excluding carboxylic acids is 1. The number of benzene rings is 1. The monoisotopic (exact) mass is 330 g/mol. The summed E-state index contributed by atoms with van der Waals surface area (Å²) in [6, 6.07) is 6.42. The molecule has 1 aromatic carbocycles. The number of non-ortho nitro benzene ring substituents is 1. The Morgan fingerprint density at radius 1 is 1.25 bits per heavy atom. The second-order valence-corrected chi connectivity index (χ2v) is 5.41. The van der Waals surface area contributed by atoms with Crippen LogP contribution in [0.2, 0.25) is 0 Å². The summed E-state index contributed by atoms with van der Waals surface area (Å²) in [7, 11) is 0. The molecule has 2 aromatic rings. The molecule has 0 spiro atoms. The third kappa shape index (κ3) is 2.83. The highest BCUT2D eigenvalue weighted by molar-refractivity contribution is 5.95. The quantitative estimate of drug-likeness (QED) is 0.670. The van der Waals surface area contributed by atoms with E-state index < -0.39 is 22.8 Å². The highest BCUT2D eigenvalue weighted by atomic mass is 16.6. The zero-order valence-electron chi connectivity index (χ0n) is 12.5. The first kappa shape index (κ1) is 15.7. The molecule has 9 nitrogen and oxygen atoms in total. The Balaban J connectivity index is 1.81. The number of carboxylic acid groups (broad SMARTS) is 1. The Hall–Kier alpha value is -3.23. The van der Waals surface area contributed by atoms with Gasteiger partial charge in [0, 0.05) is 24.9 Å². The number of likely N-dealkylation sites (tertiary alicyclic amines) is 1. The largest absolute Gasteiger partial charge is 0.480 e. The van der Waals surface area contributed by atoms with E-state index >= 15 is 0 Å². The lowest BCUT2D eigenvalue weighted by Gasteiger charge is -2.20. The molecule has 9 heteroatoms. The molecular weight excluding hydrogens is 316 g/mol. The summed E-state index contributed by atoms with van der Waals surface area (Å²) in [4.78, 5) is 35.1. The van der Waals surface area contributed by atoms with Crippen LogP contribution in [-0.4, -0.2) is 49.2 Å². The zero-order chi connectivity index (χ0) is 17.3. The van der Waals surface area contributed by atoms with Gasteiger partial charge in [-0.15, -0.1) is 0 Å². The van der Waals surface area contributed by atoms with Gasteiger partial charge in [0.1, 0.15) is 6.04 Å². The van der Waals surface area contributed by atoms with Crippen molar-refractivity contribution in [2.24, 2.45) is 0 Å². The van der Waals surface area contributed by atoms with Gasteiger partial charge in [-0.2, -0.15) is 5.10 Å². The number of hydrogen-bond donors (Lipinski definition) is 1.